The summed E-state index contributed by atoms with van der Waals surface area (Å²) in [6, 6.07) is 10.3. The molecule has 0 bridgehead atoms. The molecule has 0 saturated carbocycles. The molecule has 0 spiro atoms. The Balaban J connectivity index is 2.07. The molecule has 1 aromatic carbocycles. The molecule has 0 amide bonds. The summed E-state index contributed by atoms with van der Waals surface area (Å²) in [7, 11) is 0. The van der Waals surface area contributed by atoms with E-state index in [1.807, 2.05) is 6.08 Å². The van der Waals surface area contributed by atoms with E-state index in [1.54, 1.807) is 60.9 Å². The standard InChI is InChI=1S/C16H15N3O/c17-14(4-1-12-2-5-15(20)6-3-12)11-16(18)13-7-9-19-10-8-13/h1-11,18,20H,17H2/b4-1+,14-11-,18-16?. The summed E-state index contributed by atoms with van der Waals surface area (Å²) in [4.78, 5) is 3.91. The van der Waals surface area contributed by atoms with E-state index in [0.717, 1.165) is 11.1 Å². The Morgan fingerprint density at radius 3 is 2.40 bits per heavy atom. The maximum atomic E-state index is 9.19. The molecule has 4 nitrogen and oxygen atoms in total. The number of rotatable bonds is 4. The van der Waals surface area contributed by atoms with Crippen LogP contribution < -0.4 is 5.73 Å². The van der Waals surface area contributed by atoms with Crippen LogP contribution in [0.1, 0.15) is 11.1 Å². The minimum atomic E-state index is 0.227. The normalized spacial score (nSPS) is 11.7. The van der Waals surface area contributed by atoms with Crippen LogP contribution in [-0.2, 0) is 0 Å². The fraction of sp³-hybridized carbons (Fsp3) is 0. The average molecular weight is 265 g/mol. The molecular formula is C16H15N3O. The highest BCUT2D eigenvalue weighted by molar-refractivity contribution is 6.06. The van der Waals surface area contributed by atoms with Crippen LogP contribution in [0.5, 0.6) is 5.75 Å². The SMILES string of the molecule is N=C(/C=C(N)/C=C/c1ccc(O)cc1)c1ccncc1. The first-order valence-electron chi connectivity index (χ1n) is 6.08. The lowest BCUT2D eigenvalue weighted by Gasteiger charge is -1.99. The van der Waals surface area contributed by atoms with E-state index >= 15 is 0 Å². The number of phenolic OH excluding ortho intramolecular Hbond substituents is 1. The van der Waals surface area contributed by atoms with Gasteiger partial charge < -0.3 is 16.2 Å². The van der Waals surface area contributed by atoms with Crippen LogP contribution in [0, 0.1) is 5.41 Å². The predicted octanol–water partition coefficient (Wildman–Crippen LogP) is 2.71. The van der Waals surface area contributed by atoms with Gasteiger partial charge in [0.15, 0.2) is 0 Å². The van der Waals surface area contributed by atoms with Crippen molar-refractivity contribution in [2.45, 2.75) is 0 Å². The van der Waals surface area contributed by atoms with Crippen LogP contribution in [0.25, 0.3) is 6.08 Å². The largest absolute Gasteiger partial charge is 0.508 e. The smallest absolute Gasteiger partial charge is 0.115 e. The van der Waals surface area contributed by atoms with Crippen LogP contribution in [0.3, 0.4) is 0 Å². The Morgan fingerprint density at radius 1 is 1.10 bits per heavy atom. The molecule has 0 saturated heterocycles. The molecule has 4 N–H and O–H groups in total. The summed E-state index contributed by atoms with van der Waals surface area (Å²) in [5.74, 6) is 0.227. The van der Waals surface area contributed by atoms with E-state index in [2.05, 4.69) is 4.98 Å². The van der Waals surface area contributed by atoms with E-state index < -0.39 is 0 Å². The van der Waals surface area contributed by atoms with Crippen LogP contribution in [0.15, 0.2) is 66.6 Å². The summed E-state index contributed by atoms with van der Waals surface area (Å²) in [5.41, 5.74) is 8.37. The van der Waals surface area contributed by atoms with E-state index in [4.69, 9.17) is 11.1 Å². The first-order valence-corrected chi connectivity index (χ1v) is 6.08. The molecule has 0 aliphatic carbocycles. The van der Waals surface area contributed by atoms with Crippen molar-refractivity contribution in [2.24, 2.45) is 5.73 Å². The van der Waals surface area contributed by atoms with E-state index in [-0.39, 0.29) is 5.75 Å². The molecule has 2 aromatic rings. The van der Waals surface area contributed by atoms with Gasteiger partial charge in [0.25, 0.3) is 0 Å². The van der Waals surface area contributed by atoms with Gasteiger partial charge in [-0.15, -0.1) is 0 Å². The van der Waals surface area contributed by atoms with Gasteiger partial charge in [-0.3, -0.25) is 4.98 Å². The lowest BCUT2D eigenvalue weighted by atomic mass is 10.1. The monoisotopic (exact) mass is 265 g/mol. The number of nitrogens with one attached hydrogen (secondary N) is 1. The molecule has 100 valence electrons. The summed E-state index contributed by atoms with van der Waals surface area (Å²) in [6.45, 7) is 0. The lowest BCUT2D eigenvalue weighted by Crippen LogP contribution is -2.01. The number of phenols is 1. The van der Waals surface area contributed by atoms with Crippen molar-refractivity contribution in [3.63, 3.8) is 0 Å². The van der Waals surface area contributed by atoms with Gasteiger partial charge in [0.2, 0.25) is 0 Å². The van der Waals surface area contributed by atoms with Crippen molar-refractivity contribution >= 4 is 11.8 Å². The third-order valence-electron chi connectivity index (χ3n) is 2.66. The van der Waals surface area contributed by atoms with Crippen molar-refractivity contribution < 1.29 is 5.11 Å². The molecule has 1 heterocycles. The Hall–Kier alpha value is -2.88. The Labute approximate surface area is 117 Å². The van der Waals surface area contributed by atoms with Crippen molar-refractivity contribution in [2.75, 3.05) is 0 Å². The molecule has 2 rings (SSSR count). The minimum Gasteiger partial charge on any atom is -0.508 e. The molecule has 1 aromatic heterocycles. The summed E-state index contributed by atoms with van der Waals surface area (Å²) >= 11 is 0. The number of aromatic hydroxyl groups is 1. The number of nitrogens with zero attached hydrogens (tertiary/aromatic N) is 1. The van der Waals surface area contributed by atoms with Crippen molar-refractivity contribution in [3.8, 4) is 5.75 Å². The molecule has 0 aliphatic rings. The number of hydrogen-bond acceptors (Lipinski definition) is 4. The third-order valence-corrected chi connectivity index (χ3v) is 2.66. The average Bonchev–Trinajstić information content (AvgIpc) is 2.47. The second-order valence-corrected chi connectivity index (χ2v) is 4.22. The zero-order chi connectivity index (χ0) is 14.4. The van der Waals surface area contributed by atoms with Crippen LogP contribution in [0.4, 0.5) is 0 Å². The third kappa shape index (κ3) is 3.81. The number of pyridine rings is 1. The highest BCUT2D eigenvalue weighted by atomic mass is 16.3. The van der Waals surface area contributed by atoms with Crippen molar-refractivity contribution in [3.05, 3.63) is 77.8 Å². The van der Waals surface area contributed by atoms with Gasteiger partial charge in [-0.25, -0.2) is 0 Å². The van der Waals surface area contributed by atoms with Gasteiger partial charge in [0.05, 0.1) is 5.71 Å². The fourth-order valence-electron chi connectivity index (χ4n) is 1.61. The second-order valence-electron chi connectivity index (χ2n) is 4.22. The topological polar surface area (TPSA) is 83.0 Å². The number of allylic oxidation sites excluding steroid dienone is 2. The number of nitrogens with two attached hydrogens (primary N) is 1. The Bertz CT molecular complexity index is 643. The van der Waals surface area contributed by atoms with Gasteiger partial charge in [0.1, 0.15) is 5.75 Å². The van der Waals surface area contributed by atoms with Gasteiger partial charge in [-0.05, 0) is 42.0 Å². The molecule has 0 atom stereocenters. The van der Waals surface area contributed by atoms with Gasteiger partial charge >= 0.3 is 0 Å². The number of hydrogen-bond donors (Lipinski definition) is 3. The van der Waals surface area contributed by atoms with Gasteiger partial charge in [-0.2, -0.15) is 0 Å². The van der Waals surface area contributed by atoms with E-state index in [9.17, 15) is 5.11 Å². The van der Waals surface area contributed by atoms with E-state index in [1.165, 1.54) is 0 Å². The summed E-state index contributed by atoms with van der Waals surface area (Å²) in [5, 5.41) is 17.1. The molecule has 4 heteroatoms. The van der Waals surface area contributed by atoms with Crippen LogP contribution in [-0.4, -0.2) is 15.8 Å². The van der Waals surface area contributed by atoms with Crippen LogP contribution >= 0.6 is 0 Å². The Morgan fingerprint density at radius 2 is 1.75 bits per heavy atom. The van der Waals surface area contributed by atoms with Crippen molar-refractivity contribution in [1.29, 1.82) is 5.41 Å². The molecular weight excluding hydrogens is 250 g/mol. The lowest BCUT2D eigenvalue weighted by molar-refractivity contribution is 0.475. The molecule has 20 heavy (non-hydrogen) atoms. The highest BCUT2D eigenvalue weighted by Gasteiger charge is 1.97. The van der Waals surface area contributed by atoms with Crippen molar-refractivity contribution in [1.82, 2.24) is 4.98 Å². The molecule has 0 aliphatic heterocycles. The maximum Gasteiger partial charge on any atom is 0.115 e. The summed E-state index contributed by atoms with van der Waals surface area (Å²) in [6.07, 6.45) is 8.42. The number of aromatic nitrogens is 1. The highest BCUT2D eigenvalue weighted by Crippen LogP contribution is 2.11. The van der Waals surface area contributed by atoms with Gasteiger partial charge in [-0.1, -0.05) is 18.2 Å². The second kappa shape index (κ2) is 6.33. The summed E-state index contributed by atoms with van der Waals surface area (Å²) < 4.78 is 0. The fourth-order valence-corrected chi connectivity index (χ4v) is 1.61. The zero-order valence-corrected chi connectivity index (χ0v) is 10.8. The van der Waals surface area contributed by atoms with Crippen LogP contribution in [0.2, 0.25) is 0 Å². The maximum absolute atomic E-state index is 9.19. The quantitative estimate of drug-likeness (QED) is 0.587. The molecule has 0 radical (unpaired) electrons. The number of benzene rings is 1. The minimum absolute atomic E-state index is 0.227. The first kappa shape index (κ1) is 13.5. The predicted molar refractivity (Wildman–Crippen MR) is 80.5 cm³/mol. The van der Waals surface area contributed by atoms with Gasteiger partial charge in [0, 0.05) is 23.7 Å². The first-order chi connectivity index (χ1) is 9.65. The molecule has 0 unspecified atom stereocenters. The zero-order valence-electron chi connectivity index (χ0n) is 10.8. The Kier molecular flexibility index (Phi) is 4.29. The molecule has 0 fully saturated rings. The van der Waals surface area contributed by atoms with E-state index in [0.29, 0.717) is 11.4 Å².